The molecule has 0 amide bonds. The van der Waals surface area contributed by atoms with Crippen LogP contribution >= 0.6 is 0 Å². The molecule has 4 heteroatoms. The first-order valence-electron chi connectivity index (χ1n) is 7.16. The van der Waals surface area contributed by atoms with Gasteiger partial charge in [-0.1, -0.05) is 6.07 Å². The highest BCUT2D eigenvalue weighted by molar-refractivity contribution is 5.40. The molecule has 2 atom stereocenters. The van der Waals surface area contributed by atoms with Crippen LogP contribution in [-0.2, 0) is 13.0 Å². The first kappa shape index (κ1) is 13.2. The van der Waals surface area contributed by atoms with Crippen LogP contribution in [0.25, 0.3) is 0 Å². The van der Waals surface area contributed by atoms with Crippen LogP contribution in [0.1, 0.15) is 30.5 Å². The fourth-order valence-electron chi connectivity index (χ4n) is 2.97. The Hall–Kier alpha value is -1.81. The molecule has 1 aliphatic carbocycles. The van der Waals surface area contributed by atoms with Gasteiger partial charge in [-0.15, -0.1) is 0 Å². The van der Waals surface area contributed by atoms with Gasteiger partial charge in [0, 0.05) is 24.5 Å². The fourth-order valence-corrected chi connectivity index (χ4v) is 2.97. The molecular formula is C16H21N3O. The van der Waals surface area contributed by atoms with Gasteiger partial charge < -0.3 is 10.1 Å². The van der Waals surface area contributed by atoms with Crippen molar-refractivity contribution in [2.45, 2.75) is 38.4 Å². The molecule has 1 aromatic heterocycles. The van der Waals surface area contributed by atoms with Crippen molar-refractivity contribution in [1.29, 1.82) is 0 Å². The summed E-state index contributed by atoms with van der Waals surface area (Å²) in [6, 6.07) is 9.17. The van der Waals surface area contributed by atoms with E-state index < -0.39 is 0 Å². The Morgan fingerprint density at radius 2 is 2.40 bits per heavy atom. The van der Waals surface area contributed by atoms with Crippen molar-refractivity contribution in [3.8, 4) is 5.75 Å². The molecule has 0 aliphatic heterocycles. The highest BCUT2D eigenvalue weighted by atomic mass is 16.5. The van der Waals surface area contributed by atoms with Crippen LogP contribution in [0.5, 0.6) is 5.75 Å². The zero-order valence-electron chi connectivity index (χ0n) is 12.0. The Morgan fingerprint density at radius 3 is 3.15 bits per heavy atom. The van der Waals surface area contributed by atoms with Crippen molar-refractivity contribution in [2.75, 3.05) is 7.11 Å². The van der Waals surface area contributed by atoms with Crippen molar-refractivity contribution in [3.63, 3.8) is 0 Å². The van der Waals surface area contributed by atoms with E-state index in [-0.39, 0.29) is 0 Å². The fraction of sp³-hybridized carbons (Fsp3) is 0.438. The highest BCUT2D eigenvalue weighted by Gasteiger charge is 2.24. The quantitative estimate of drug-likeness (QED) is 0.908. The lowest BCUT2D eigenvalue weighted by Gasteiger charge is -2.20. The molecule has 106 valence electrons. The molecule has 0 saturated carbocycles. The zero-order valence-corrected chi connectivity index (χ0v) is 12.0. The average molecular weight is 271 g/mol. The van der Waals surface area contributed by atoms with E-state index in [0.717, 1.165) is 25.1 Å². The van der Waals surface area contributed by atoms with Gasteiger partial charge in [-0.25, -0.2) is 0 Å². The van der Waals surface area contributed by atoms with E-state index in [1.807, 2.05) is 29.2 Å². The van der Waals surface area contributed by atoms with Crippen LogP contribution in [-0.4, -0.2) is 22.9 Å². The third kappa shape index (κ3) is 2.70. The van der Waals surface area contributed by atoms with Crippen LogP contribution < -0.4 is 10.1 Å². The Kier molecular flexibility index (Phi) is 3.74. The second-order valence-corrected chi connectivity index (χ2v) is 5.45. The lowest BCUT2D eigenvalue weighted by Crippen LogP contribution is -2.33. The number of rotatable bonds is 5. The van der Waals surface area contributed by atoms with E-state index >= 15 is 0 Å². The summed E-state index contributed by atoms with van der Waals surface area (Å²) < 4.78 is 7.31. The van der Waals surface area contributed by atoms with Crippen LogP contribution in [0.2, 0.25) is 0 Å². The minimum atomic E-state index is 0.386. The summed E-state index contributed by atoms with van der Waals surface area (Å²) in [5, 5.41) is 7.97. The summed E-state index contributed by atoms with van der Waals surface area (Å²) in [6.45, 7) is 3.10. The van der Waals surface area contributed by atoms with Gasteiger partial charge in [0.1, 0.15) is 5.75 Å². The molecule has 1 heterocycles. The number of fused-ring (bicyclic) bond motifs is 1. The topological polar surface area (TPSA) is 39.1 Å². The number of hydrogen-bond acceptors (Lipinski definition) is 3. The lowest BCUT2D eigenvalue weighted by molar-refractivity contribution is 0.394. The molecule has 0 radical (unpaired) electrons. The maximum absolute atomic E-state index is 5.34. The molecule has 3 rings (SSSR count). The van der Waals surface area contributed by atoms with Crippen molar-refractivity contribution < 1.29 is 4.74 Å². The third-order valence-corrected chi connectivity index (χ3v) is 3.94. The second-order valence-electron chi connectivity index (χ2n) is 5.45. The van der Waals surface area contributed by atoms with Crippen molar-refractivity contribution >= 4 is 0 Å². The molecule has 2 aromatic rings. The summed E-state index contributed by atoms with van der Waals surface area (Å²) in [6.07, 6.45) is 6.13. The largest absolute Gasteiger partial charge is 0.497 e. The predicted molar refractivity (Wildman–Crippen MR) is 78.9 cm³/mol. The zero-order chi connectivity index (χ0) is 13.9. The lowest BCUT2D eigenvalue weighted by atomic mass is 10.1. The Labute approximate surface area is 119 Å². The van der Waals surface area contributed by atoms with Gasteiger partial charge in [-0.3, -0.25) is 4.68 Å². The molecule has 0 bridgehead atoms. The minimum absolute atomic E-state index is 0.386. The van der Waals surface area contributed by atoms with E-state index in [1.54, 1.807) is 7.11 Å². The van der Waals surface area contributed by atoms with Gasteiger partial charge in [0.25, 0.3) is 0 Å². The monoisotopic (exact) mass is 271 g/mol. The molecule has 1 aliphatic rings. The maximum Gasteiger partial charge on any atom is 0.119 e. The molecule has 2 unspecified atom stereocenters. The van der Waals surface area contributed by atoms with Crippen molar-refractivity contribution in [1.82, 2.24) is 15.1 Å². The standard InChI is InChI=1S/C16H21N3O/c1-12(11-19-9-3-8-17-19)18-16-7-5-13-4-6-14(20-2)10-15(13)16/h3-4,6,8-10,12,16,18H,5,7,11H2,1-2H3. The van der Waals surface area contributed by atoms with Gasteiger partial charge in [0.15, 0.2) is 0 Å². The third-order valence-electron chi connectivity index (χ3n) is 3.94. The van der Waals surface area contributed by atoms with Gasteiger partial charge >= 0.3 is 0 Å². The number of methoxy groups -OCH3 is 1. The Morgan fingerprint density at radius 1 is 1.50 bits per heavy atom. The van der Waals surface area contributed by atoms with Crippen LogP contribution in [0, 0.1) is 0 Å². The Bertz CT molecular complexity index is 565. The maximum atomic E-state index is 5.34. The normalized spacial score (nSPS) is 18.8. The van der Waals surface area contributed by atoms with Crippen LogP contribution in [0.15, 0.2) is 36.7 Å². The first-order chi connectivity index (χ1) is 9.76. The minimum Gasteiger partial charge on any atom is -0.497 e. The number of ether oxygens (including phenoxy) is 1. The van der Waals surface area contributed by atoms with E-state index in [4.69, 9.17) is 4.74 Å². The second kappa shape index (κ2) is 5.67. The number of nitrogens with one attached hydrogen (secondary N) is 1. The van der Waals surface area contributed by atoms with Gasteiger partial charge in [-0.05, 0) is 49.1 Å². The number of aromatic nitrogens is 2. The number of nitrogens with zero attached hydrogens (tertiary/aromatic N) is 2. The van der Waals surface area contributed by atoms with E-state index in [2.05, 4.69) is 29.5 Å². The molecule has 4 nitrogen and oxygen atoms in total. The van der Waals surface area contributed by atoms with Crippen LogP contribution in [0.4, 0.5) is 0 Å². The molecule has 1 N–H and O–H groups in total. The molecular weight excluding hydrogens is 250 g/mol. The molecule has 1 aromatic carbocycles. The SMILES string of the molecule is COc1ccc2c(c1)C(NC(C)Cn1cccn1)CC2. The van der Waals surface area contributed by atoms with Gasteiger partial charge in [-0.2, -0.15) is 5.10 Å². The average Bonchev–Trinajstić information content (AvgIpc) is 3.08. The Balaban J connectivity index is 1.68. The van der Waals surface area contributed by atoms with Crippen molar-refractivity contribution in [2.24, 2.45) is 0 Å². The predicted octanol–water partition coefficient (Wildman–Crippen LogP) is 2.56. The number of aryl methyl sites for hydroxylation is 1. The van der Waals surface area contributed by atoms with Crippen LogP contribution in [0.3, 0.4) is 0 Å². The van der Waals surface area contributed by atoms with Gasteiger partial charge in [0.05, 0.1) is 13.7 Å². The summed E-state index contributed by atoms with van der Waals surface area (Å²) in [7, 11) is 1.72. The van der Waals surface area contributed by atoms with Crippen molar-refractivity contribution in [3.05, 3.63) is 47.8 Å². The number of benzene rings is 1. The molecule has 0 fully saturated rings. The van der Waals surface area contributed by atoms with Gasteiger partial charge in [0.2, 0.25) is 0 Å². The molecule has 0 spiro atoms. The molecule has 0 saturated heterocycles. The first-order valence-corrected chi connectivity index (χ1v) is 7.16. The summed E-state index contributed by atoms with van der Waals surface area (Å²) in [4.78, 5) is 0. The van der Waals surface area contributed by atoms with E-state index in [9.17, 15) is 0 Å². The number of hydrogen-bond donors (Lipinski definition) is 1. The van der Waals surface area contributed by atoms with E-state index in [0.29, 0.717) is 12.1 Å². The smallest absolute Gasteiger partial charge is 0.119 e. The highest BCUT2D eigenvalue weighted by Crippen LogP contribution is 2.34. The summed E-state index contributed by atoms with van der Waals surface area (Å²) in [5.74, 6) is 0.942. The molecule has 20 heavy (non-hydrogen) atoms. The summed E-state index contributed by atoms with van der Waals surface area (Å²) in [5.41, 5.74) is 2.83. The summed E-state index contributed by atoms with van der Waals surface area (Å²) >= 11 is 0. The van der Waals surface area contributed by atoms with E-state index in [1.165, 1.54) is 11.1 Å².